The van der Waals surface area contributed by atoms with Crippen LogP contribution in [-0.2, 0) is 0 Å². The Morgan fingerprint density at radius 2 is 1.93 bits per heavy atom. The van der Waals surface area contributed by atoms with E-state index < -0.39 is 6.10 Å². The van der Waals surface area contributed by atoms with Gasteiger partial charge in [-0.25, -0.2) is 0 Å². The van der Waals surface area contributed by atoms with Crippen LogP contribution in [0.4, 0.5) is 0 Å². The lowest BCUT2D eigenvalue weighted by Crippen LogP contribution is -1.96. The maximum absolute atomic E-state index is 9.26. The molecule has 1 N–H and O–H groups in total. The van der Waals surface area contributed by atoms with Gasteiger partial charge in [-0.1, -0.05) is 6.07 Å². The molecular formula is C10H11NO3. The van der Waals surface area contributed by atoms with E-state index in [-0.39, 0.29) is 0 Å². The molecule has 1 rings (SSSR count). The van der Waals surface area contributed by atoms with Crippen LogP contribution in [0.2, 0.25) is 0 Å². The van der Waals surface area contributed by atoms with Crippen LogP contribution in [0.1, 0.15) is 11.7 Å². The molecule has 0 saturated carbocycles. The van der Waals surface area contributed by atoms with E-state index in [4.69, 9.17) is 14.7 Å². The van der Waals surface area contributed by atoms with Crippen LogP contribution >= 0.6 is 0 Å². The third kappa shape index (κ3) is 1.95. The molecule has 74 valence electrons. The number of ether oxygens (including phenoxy) is 2. The first-order valence-corrected chi connectivity index (χ1v) is 4.02. The van der Waals surface area contributed by atoms with Crippen molar-refractivity contribution in [1.82, 2.24) is 0 Å². The predicted octanol–water partition coefficient (Wildman–Crippen LogP) is 1.26. The minimum atomic E-state index is -1.13. The number of hydrogen-bond donors (Lipinski definition) is 1. The Hall–Kier alpha value is -1.73. The lowest BCUT2D eigenvalue weighted by atomic mass is 10.1. The van der Waals surface area contributed by atoms with Gasteiger partial charge in [-0.05, 0) is 17.7 Å². The van der Waals surface area contributed by atoms with Crippen molar-refractivity contribution in [3.8, 4) is 17.6 Å². The number of aliphatic hydroxyl groups is 1. The van der Waals surface area contributed by atoms with Crippen molar-refractivity contribution in [2.24, 2.45) is 0 Å². The molecule has 0 fully saturated rings. The quantitative estimate of drug-likeness (QED) is 0.734. The standard InChI is InChI=1S/C10H11NO3/c1-13-9-4-3-7(8(12)6-11)5-10(9)14-2/h3-5,8,12H,1-2H3/t8-/m0/s1. The second-order valence-corrected chi connectivity index (χ2v) is 2.65. The fraction of sp³-hybridized carbons (Fsp3) is 0.300. The first-order chi connectivity index (χ1) is 6.72. The molecule has 0 aromatic heterocycles. The lowest BCUT2D eigenvalue weighted by Gasteiger charge is -2.09. The molecular weight excluding hydrogens is 182 g/mol. The van der Waals surface area contributed by atoms with Crippen LogP contribution in [0.3, 0.4) is 0 Å². The molecule has 1 aromatic carbocycles. The molecule has 0 unspecified atom stereocenters. The fourth-order valence-electron chi connectivity index (χ4n) is 1.10. The average molecular weight is 193 g/mol. The van der Waals surface area contributed by atoms with E-state index in [2.05, 4.69) is 0 Å². The first-order valence-electron chi connectivity index (χ1n) is 4.02. The summed E-state index contributed by atoms with van der Waals surface area (Å²) in [6.07, 6.45) is -1.13. The summed E-state index contributed by atoms with van der Waals surface area (Å²) in [4.78, 5) is 0. The number of methoxy groups -OCH3 is 2. The largest absolute Gasteiger partial charge is 0.493 e. The van der Waals surface area contributed by atoms with Crippen molar-refractivity contribution in [2.45, 2.75) is 6.10 Å². The van der Waals surface area contributed by atoms with Crippen LogP contribution in [0.15, 0.2) is 18.2 Å². The number of nitriles is 1. The molecule has 14 heavy (non-hydrogen) atoms. The summed E-state index contributed by atoms with van der Waals surface area (Å²) in [5.41, 5.74) is 0.491. The van der Waals surface area contributed by atoms with E-state index >= 15 is 0 Å². The van der Waals surface area contributed by atoms with E-state index in [1.807, 2.05) is 0 Å². The molecule has 4 nitrogen and oxygen atoms in total. The number of rotatable bonds is 3. The summed E-state index contributed by atoms with van der Waals surface area (Å²) < 4.78 is 10.0. The smallest absolute Gasteiger partial charge is 0.166 e. The number of benzene rings is 1. The van der Waals surface area contributed by atoms with Crippen molar-refractivity contribution in [2.75, 3.05) is 14.2 Å². The van der Waals surface area contributed by atoms with Crippen molar-refractivity contribution in [3.05, 3.63) is 23.8 Å². The highest BCUT2D eigenvalue weighted by atomic mass is 16.5. The molecule has 1 aromatic rings. The molecule has 4 heteroatoms. The summed E-state index contributed by atoms with van der Waals surface area (Å²) in [5.74, 6) is 1.07. The third-order valence-corrected chi connectivity index (χ3v) is 1.85. The van der Waals surface area contributed by atoms with Gasteiger partial charge in [0.1, 0.15) is 0 Å². The number of hydrogen-bond acceptors (Lipinski definition) is 4. The van der Waals surface area contributed by atoms with Crippen molar-refractivity contribution >= 4 is 0 Å². The third-order valence-electron chi connectivity index (χ3n) is 1.85. The molecule has 0 bridgehead atoms. The molecule has 0 saturated heterocycles. The van der Waals surface area contributed by atoms with Crippen LogP contribution in [-0.4, -0.2) is 19.3 Å². The summed E-state index contributed by atoms with van der Waals surface area (Å²) in [7, 11) is 3.03. The van der Waals surface area contributed by atoms with Crippen molar-refractivity contribution < 1.29 is 14.6 Å². The topological polar surface area (TPSA) is 62.5 Å². The molecule has 0 aliphatic heterocycles. The molecule has 0 amide bonds. The van der Waals surface area contributed by atoms with Gasteiger partial charge in [0.25, 0.3) is 0 Å². The zero-order chi connectivity index (χ0) is 10.6. The highest BCUT2D eigenvalue weighted by Gasteiger charge is 2.10. The maximum Gasteiger partial charge on any atom is 0.166 e. The SMILES string of the molecule is COc1ccc([C@@H](O)C#N)cc1OC. The van der Waals surface area contributed by atoms with Crippen LogP contribution in [0.25, 0.3) is 0 Å². The minimum absolute atomic E-state index is 0.491. The van der Waals surface area contributed by atoms with Gasteiger partial charge in [0, 0.05) is 0 Å². The van der Waals surface area contributed by atoms with Crippen molar-refractivity contribution in [3.63, 3.8) is 0 Å². The van der Waals surface area contributed by atoms with E-state index in [0.717, 1.165) is 0 Å². The normalized spacial score (nSPS) is 11.6. The molecule has 0 aliphatic rings. The molecule has 0 aliphatic carbocycles. The summed E-state index contributed by atoms with van der Waals surface area (Å²) in [6.45, 7) is 0. The van der Waals surface area contributed by atoms with E-state index in [9.17, 15) is 5.11 Å². The molecule has 0 spiro atoms. The Morgan fingerprint density at radius 3 is 2.43 bits per heavy atom. The van der Waals surface area contributed by atoms with Gasteiger partial charge in [0.05, 0.1) is 20.3 Å². The Morgan fingerprint density at radius 1 is 1.29 bits per heavy atom. The van der Waals surface area contributed by atoms with Gasteiger partial charge in [-0.2, -0.15) is 5.26 Å². The minimum Gasteiger partial charge on any atom is -0.493 e. The molecule has 0 heterocycles. The van der Waals surface area contributed by atoms with Gasteiger partial charge in [-0.3, -0.25) is 0 Å². The van der Waals surface area contributed by atoms with E-state index in [1.54, 1.807) is 24.3 Å². The van der Waals surface area contributed by atoms with Gasteiger partial charge in [-0.15, -0.1) is 0 Å². The Kier molecular flexibility index (Phi) is 3.32. The maximum atomic E-state index is 9.26. The summed E-state index contributed by atoms with van der Waals surface area (Å²) >= 11 is 0. The zero-order valence-corrected chi connectivity index (χ0v) is 8.02. The van der Waals surface area contributed by atoms with Crippen molar-refractivity contribution in [1.29, 1.82) is 5.26 Å². The van der Waals surface area contributed by atoms with Crippen LogP contribution in [0.5, 0.6) is 11.5 Å². The Balaban J connectivity index is 3.08. The van der Waals surface area contributed by atoms with Gasteiger partial charge < -0.3 is 14.6 Å². The van der Waals surface area contributed by atoms with Gasteiger partial charge in [0.15, 0.2) is 17.6 Å². The first kappa shape index (κ1) is 10.4. The highest BCUT2D eigenvalue weighted by molar-refractivity contribution is 5.44. The van der Waals surface area contributed by atoms with Gasteiger partial charge >= 0.3 is 0 Å². The monoisotopic (exact) mass is 193 g/mol. The number of aliphatic hydroxyl groups excluding tert-OH is 1. The number of nitrogens with zero attached hydrogens (tertiary/aromatic N) is 1. The van der Waals surface area contributed by atoms with E-state index in [1.165, 1.54) is 14.2 Å². The Labute approximate surface area is 82.3 Å². The predicted molar refractivity (Wildman–Crippen MR) is 50.1 cm³/mol. The second kappa shape index (κ2) is 4.49. The Bertz CT molecular complexity index is 357. The average Bonchev–Trinajstić information content (AvgIpc) is 2.26. The molecule has 0 radical (unpaired) electrons. The zero-order valence-electron chi connectivity index (χ0n) is 8.02. The lowest BCUT2D eigenvalue weighted by molar-refractivity contribution is 0.235. The fourth-order valence-corrected chi connectivity index (χ4v) is 1.10. The van der Waals surface area contributed by atoms with E-state index in [0.29, 0.717) is 17.1 Å². The van der Waals surface area contributed by atoms with Gasteiger partial charge in [0.2, 0.25) is 0 Å². The van der Waals surface area contributed by atoms with Crippen LogP contribution in [0, 0.1) is 11.3 Å². The molecule has 1 atom stereocenters. The van der Waals surface area contributed by atoms with Crippen LogP contribution < -0.4 is 9.47 Å². The second-order valence-electron chi connectivity index (χ2n) is 2.65. The summed E-state index contributed by atoms with van der Waals surface area (Å²) in [5, 5.41) is 17.8. The summed E-state index contributed by atoms with van der Waals surface area (Å²) in [6, 6.07) is 6.57. The highest BCUT2D eigenvalue weighted by Crippen LogP contribution is 2.29.